The van der Waals surface area contributed by atoms with E-state index >= 15 is 0 Å². The van der Waals surface area contributed by atoms with E-state index in [4.69, 9.17) is 10.5 Å². The van der Waals surface area contributed by atoms with Gasteiger partial charge in [-0.1, -0.05) is 42.5 Å². The first kappa shape index (κ1) is 20.4. The lowest BCUT2D eigenvalue weighted by Gasteiger charge is -2.28. The van der Waals surface area contributed by atoms with Gasteiger partial charge in [0, 0.05) is 19.1 Å². The summed E-state index contributed by atoms with van der Waals surface area (Å²) < 4.78 is 5.19. The van der Waals surface area contributed by atoms with Crippen LogP contribution < -0.4 is 15.8 Å². The molecular formula is C23H31N3O2. The van der Waals surface area contributed by atoms with Crippen molar-refractivity contribution in [2.24, 2.45) is 5.73 Å². The normalized spacial score (nSPS) is 17.3. The second-order valence-electron chi connectivity index (χ2n) is 7.47. The predicted molar refractivity (Wildman–Crippen MR) is 112 cm³/mol. The smallest absolute Gasteiger partial charge is 0.239 e. The number of hydrogen-bond donors (Lipinski definition) is 2. The lowest BCUT2D eigenvalue weighted by atomic mass is 10.0. The summed E-state index contributed by atoms with van der Waals surface area (Å²) in [6.45, 7) is 2.45. The third-order valence-electron chi connectivity index (χ3n) is 5.36. The van der Waals surface area contributed by atoms with Gasteiger partial charge in [0.15, 0.2) is 0 Å². The Balaban J connectivity index is 1.63. The lowest BCUT2D eigenvalue weighted by molar-refractivity contribution is -0.132. The van der Waals surface area contributed by atoms with Crippen LogP contribution in [0.2, 0.25) is 0 Å². The van der Waals surface area contributed by atoms with Crippen LogP contribution in [0, 0.1) is 0 Å². The Hall–Kier alpha value is -2.37. The number of benzene rings is 2. The fourth-order valence-corrected chi connectivity index (χ4v) is 3.72. The average molecular weight is 382 g/mol. The zero-order valence-electron chi connectivity index (χ0n) is 16.6. The van der Waals surface area contributed by atoms with Crippen LogP contribution in [-0.2, 0) is 17.6 Å². The van der Waals surface area contributed by atoms with Crippen molar-refractivity contribution in [3.05, 3.63) is 65.7 Å². The highest BCUT2D eigenvalue weighted by Gasteiger charge is 2.25. The summed E-state index contributed by atoms with van der Waals surface area (Å²) in [4.78, 5) is 15.1. The van der Waals surface area contributed by atoms with Gasteiger partial charge in [0.2, 0.25) is 5.91 Å². The predicted octanol–water partition coefficient (Wildman–Crippen LogP) is 2.39. The number of carbonyl (C=O) groups is 1. The van der Waals surface area contributed by atoms with E-state index in [1.807, 2.05) is 47.4 Å². The second-order valence-corrected chi connectivity index (χ2v) is 7.47. The number of nitrogens with two attached hydrogens (primary N) is 1. The molecule has 0 saturated carbocycles. The van der Waals surface area contributed by atoms with Crippen LogP contribution in [0.5, 0.6) is 5.75 Å². The summed E-state index contributed by atoms with van der Waals surface area (Å²) in [7, 11) is 1.64. The van der Waals surface area contributed by atoms with Crippen LogP contribution in [0.3, 0.4) is 0 Å². The largest absolute Gasteiger partial charge is 0.497 e. The van der Waals surface area contributed by atoms with Gasteiger partial charge in [-0.15, -0.1) is 0 Å². The first-order chi connectivity index (χ1) is 13.7. The summed E-state index contributed by atoms with van der Waals surface area (Å²) in [6.07, 6.45) is 3.66. The number of nitrogens with one attached hydrogen (secondary N) is 1. The molecule has 5 nitrogen and oxygen atoms in total. The minimum atomic E-state index is -0.537. The van der Waals surface area contributed by atoms with Crippen molar-refractivity contribution in [1.82, 2.24) is 10.2 Å². The van der Waals surface area contributed by atoms with E-state index in [1.165, 1.54) is 12.0 Å². The fraction of sp³-hybridized carbons (Fsp3) is 0.435. The number of nitrogens with zero attached hydrogens (tertiary/aromatic N) is 1. The van der Waals surface area contributed by atoms with Crippen molar-refractivity contribution in [3.8, 4) is 5.75 Å². The van der Waals surface area contributed by atoms with E-state index in [1.54, 1.807) is 7.11 Å². The van der Waals surface area contributed by atoms with Crippen LogP contribution in [-0.4, -0.2) is 49.6 Å². The monoisotopic (exact) mass is 381 g/mol. The molecule has 0 spiro atoms. The Kier molecular flexibility index (Phi) is 7.46. The van der Waals surface area contributed by atoms with Gasteiger partial charge in [-0.25, -0.2) is 0 Å². The van der Waals surface area contributed by atoms with Crippen LogP contribution in [0.15, 0.2) is 54.6 Å². The maximum absolute atomic E-state index is 13.1. The summed E-state index contributed by atoms with van der Waals surface area (Å²) >= 11 is 0. The average Bonchev–Trinajstić information content (AvgIpc) is 3.25. The van der Waals surface area contributed by atoms with Crippen molar-refractivity contribution in [3.63, 3.8) is 0 Å². The highest BCUT2D eigenvalue weighted by molar-refractivity contribution is 5.82. The quantitative estimate of drug-likeness (QED) is 0.700. The Morgan fingerprint density at radius 2 is 1.93 bits per heavy atom. The van der Waals surface area contributed by atoms with Crippen molar-refractivity contribution in [1.29, 1.82) is 0 Å². The number of amides is 1. The van der Waals surface area contributed by atoms with Crippen molar-refractivity contribution < 1.29 is 9.53 Å². The number of hydrogen-bond acceptors (Lipinski definition) is 4. The molecule has 28 heavy (non-hydrogen) atoms. The van der Waals surface area contributed by atoms with Crippen LogP contribution in [0.25, 0.3) is 0 Å². The van der Waals surface area contributed by atoms with E-state index < -0.39 is 6.04 Å². The molecule has 0 bridgehead atoms. The zero-order valence-corrected chi connectivity index (χ0v) is 16.6. The second kappa shape index (κ2) is 10.2. The molecule has 150 valence electrons. The molecule has 0 aliphatic carbocycles. The summed E-state index contributed by atoms with van der Waals surface area (Å²) in [6, 6.07) is 17.9. The molecule has 0 radical (unpaired) electrons. The molecule has 0 unspecified atom stereocenters. The molecule has 2 aromatic rings. The van der Waals surface area contributed by atoms with E-state index in [2.05, 4.69) is 17.4 Å². The lowest BCUT2D eigenvalue weighted by Crippen LogP contribution is -2.49. The molecule has 1 aliphatic heterocycles. The minimum Gasteiger partial charge on any atom is -0.497 e. The summed E-state index contributed by atoms with van der Waals surface area (Å²) in [5.74, 6) is 0.834. The Bertz CT molecular complexity index is 727. The number of ether oxygens (including phenoxy) is 1. The van der Waals surface area contributed by atoms with E-state index in [9.17, 15) is 4.79 Å². The summed E-state index contributed by atoms with van der Waals surface area (Å²) in [5, 5.41) is 3.49. The molecule has 5 heteroatoms. The number of methoxy groups -OCH3 is 1. The highest BCUT2D eigenvalue weighted by Crippen LogP contribution is 2.14. The Morgan fingerprint density at radius 1 is 1.18 bits per heavy atom. The van der Waals surface area contributed by atoms with E-state index in [-0.39, 0.29) is 5.91 Å². The first-order valence-electron chi connectivity index (χ1n) is 10.1. The van der Waals surface area contributed by atoms with Gasteiger partial charge >= 0.3 is 0 Å². The van der Waals surface area contributed by atoms with Gasteiger partial charge in [0.05, 0.1) is 13.2 Å². The van der Waals surface area contributed by atoms with E-state index in [0.717, 1.165) is 37.2 Å². The maximum Gasteiger partial charge on any atom is 0.239 e. The molecule has 2 aromatic carbocycles. The number of rotatable bonds is 9. The summed E-state index contributed by atoms with van der Waals surface area (Å²) in [5.41, 5.74) is 8.61. The molecule has 1 fully saturated rings. The Morgan fingerprint density at radius 3 is 2.57 bits per heavy atom. The topological polar surface area (TPSA) is 67.6 Å². The van der Waals surface area contributed by atoms with Crippen LogP contribution in [0.4, 0.5) is 0 Å². The molecule has 1 amide bonds. The van der Waals surface area contributed by atoms with Crippen LogP contribution >= 0.6 is 0 Å². The standard InChI is InChI=1S/C23H31N3O2/c1-28-21-11-9-19(10-12-21)16-22(24)23(27)26(17-20-8-5-14-25-20)15-13-18-6-3-2-4-7-18/h2-4,6-7,9-12,20,22,25H,5,8,13-17,24H2,1H3/t20-,22+/m0/s1. The van der Waals surface area contributed by atoms with Gasteiger partial charge in [0.25, 0.3) is 0 Å². The number of carbonyl (C=O) groups excluding carboxylic acids is 1. The van der Waals surface area contributed by atoms with Gasteiger partial charge < -0.3 is 20.7 Å². The fourth-order valence-electron chi connectivity index (χ4n) is 3.72. The van der Waals surface area contributed by atoms with Gasteiger partial charge in [-0.3, -0.25) is 4.79 Å². The SMILES string of the molecule is COc1ccc(C[C@@H](N)C(=O)N(CCc2ccccc2)C[C@@H]2CCCN2)cc1. The Labute approximate surface area is 167 Å². The molecular weight excluding hydrogens is 350 g/mol. The zero-order chi connectivity index (χ0) is 19.8. The van der Waals surface area contributed by atoms with Gasteiger partial charge in [-0.2, -0.15) is 0 Å². The van der Waals surface area contributed by atoms with Gasteiger partial charge in [-0.05, 0) is 55.5 Å². The van der Waals surface area contributed by atoms with E-state index in [0.29, 0.717) is 19.0 Å². The van der Waals surface area contributed by atoms with Gasteiger partial charge in [0.1, 0.15) is 5.75 Å². The highest BCUT2D eigenvalue weighted by atomic mass is 16.5. The van der Waals surface area contributed by atoms with Crippen molar-refractivity contribution in [2.75, 3.05) is 26.7 Å². The third-order valence-corrected chi connectivity index (χ3v) is 5.36. The maximum atomic E-state index is 13.1. The molecule has 1 saturated heterocycles. The minimum absolute atomic E-state index is 0.0282. The van der Waals surface area contributed by atoms with Crippen LogP contribution in [0.1, 0.15) is 24.0 Å². The molecule has 3 N–H and O–H groups in total. The molecule has 3 rings (SSSR count). The van der Waals surface area contributed by atoms with Crippen molar-refractivity contribution >= 4 is 5.91 Å². The molecule has 0 aromatic heterocycles. The molecule has 1 heterocycles. The first-order valence-corrected chi connectivity index (χ1v) is 10.1. The molecule has 1 aliphatic rings. The third kappa shape index (κ3) is 5.81. The van der Waals surface area contributed by atoms with Crippen molar-refractivity contribution in [2.45, 2.75) is 37.8 Å². The molecule has 2 atom stereocenters.